The Labute approximate surface area is 111 Å². The quantitative estimate of drug-likeness (QED) is 0.655. The lowest BCUT2D eigenvalue weighted by Crippen LogP contribution is -2.38. The van der Waals surface area contributed by atoms with Crippen molar-refractivity contribution in [2.45, 2.75) is 13.5 Å². The van der Waals surface area contributed by atoms with Crippen LogP contribution in [-0.2, 0) is 6.54 Å². The van der Waals surface area contributed by atoms with Crippen molar-refractivity contribution in [1.82, 2.24) is 4.98 Å². The fourth-order valence-corrected chi connectivity index (χ4v) is 1.88. The van der Waals surface area contributed by atoms with Gasteiger partial charge in [-0.1, -0.05) is 0 Å². The van der Waals surface area contributed by atoms with Crippen LogP contribution in [0.5, 0.6) is 11.5 Å². The minimum atomic E-state index is -0.00722. The molecule has 19 heavy (non-hydrogen) atoms. The van der Waals surface area contributed by atoms with Crippen LogP contribution in [0.15, 0.2) is 30.6 Å². The number of methoxy groups -OCH3 is 2. The number of imidazole rings is 1. The predicted molar refractivity (Wildman–Crippen MR) is 69.6 cm³/mol. The molecule has 0 aliphatic carbocycles. The first-order chi connectivity index (χ1) is 9.15. The molecule has 5 heteroatoms. The summed E-state index contributed by atoms with van der Waals surface area (Å²) in [6, 6.07) is 5.19. The number of aromatic amines is 1. The fourth-order valence-electron chi connectivity index (χ4n) is 1.88. The van der Waals surface area contributed by atoms with Crippen molar-refractivity contribution in [2.75, 3.05) is 14.2 Å². The molecule has 0 saturated carbocycles. The maximum atomic E-state index is 12.3. The predicted octanol–water partition coefficient (Wildman–Crippen LogP) is 1.51. The molecule has 0 atom stereocenters. The number of aromatic nitrogens is 2. The van der Waals surface area contributed by atoms with Crippen LogP contribution in [0.3, 0.4) is 0 Å². The molecular formula is C14H17N2O3+. The highest BCUT2D eigenvalue weighted by Crippen LogP contribution is 2.24. The summed E-state index contributed by atoms with van der Waals surface area (Å²) in [5, 5.41) is 0. The van der Waals surface area contributed by atoms with Gasteiger partial charge in [0.15, 0.2) is 6.54 Å². The zero-order chi connectivity index (χ0) is 13.8. The summed E-state index contributed by atoms with van der Waals surface area (Å²) in [6.45, 7) is 2.19. The number of ketones is 1. The smallest absolute Gasteiger partial charge is 0.251 e. The average Bonchev–Trinajstić information content (AvgIpc) is 2.83. The van der Waals surface area contributed by atoms with Crippen molar-refractivity contribution in [3.05, 3.63) is 42.0 Å². The molecule has 0 radical (unpaired) electrons. The van der Waals surface area contributed by atoms with E-state index in [2.05, 4.69) is 4.98 Å². The first-order valence-electron chi connectivity index (χ1n) is 5.94. The minimum absolute atomic E-state index is 0.00722. The lowest BCUT2D eigenvalue weighted by Gasteiger charge is -2.08. The monoisotopic (exact) mass is 261 g/mol. The van der Waals surface area contributed by atoms with Gasteiger partial charge in [0.1, 0.15) is 23.9 Å². The van der Waals surface area contributed by atoms with Gasteiger partial charge >= 0.3 is 0 Å². The summed E-state index contributed by atoms with van der Waals surface area (Å²) in [7, 11) is 3.12. The second-order valence-corrected chi connectivity index (χ2v) is 4.16. The third kappa shape index (κ3) is 2.76. The molecule has 100 valence electrons. The van der Waals surface area contributed by atoms with E-state index in [4.69, 9.17) is 9.47 Å². The number of benzene rings is 1. The van der Waals surface area contributed by atoms with Crippen LogP contribution in [0.25, 0.3) is 0 Å². The summed E-state index contributed by atoms with van der Waals surface area (Å²) in [5.74, 6) is 2.12. The SMILES string of the molecule is COc1ccc(C(=O)C[n+]2cc[nH]c2C)c(OC)c1. The molecule has 5 nitrogen and oxygen atoms in total. The molecule has 0 spiro atoms. The van der Waals surface area contributed by atoms with E-state index in [0.717, 1.165) is 5.82 Å². The molecule has 0 aliphatic heterocycles. The molecule has 2 rings (SSSR count). The molecule has 1 N–H and O–H groups in total. The largest absolute Gasteiger partial charge is 0.497 e. The molecule has 0 fully saturated rings. The summed E-state index contributed by atoms with van der Waals surface area (Å²) in [5.41, 5.74) is 0.552. The Morgan fingerprint density at radius 2 is 2.11 bits per heavy atom. The molecule has 0 bridgehead atoms. The third-order valence-electron chi connectivity index (χ3n) is 3.00. The van der Waals surface area contributed by atoms with E-state index in [1.807, 2.05) is 17.7 Å². The standard InChI is InChI=1S/C14H16N2O3/c1-10-15-6-7-16(10)9-13(17)12-5-4-11(18-2)8-14(12)19-3/h4-8H,9H2,1-3H3/p+1. The number of nitrogens with zero attached hydrogens (tertiary/aromatic N) is 1. The molecule has 0 amide bonds. The molecule has 1 heterocycles. The number of carbonyl (C=O) groups is 1. The van der Waals surface area contributed by atoms with E-state index in [-0.39, 0.29) is 12.3 Å². The second-order valence-electron chi connectivity index (χ2n) is 4.16. The zero-order valence-corrected chi connectivity index (χ0v) is 11.3. The highest BCUT2D eigenvalue weighted by Gasteiger charge is 2.17. The Morgan fingerprint density at radius 3 is 2.68 bits per heavy atom. The Balaban J connectivity index is 2.26. The number of Topliss-reactive ketones (excluding diaryl/α,β-unsaturated/α-hetero) is 1. The van der Waals surface area contributed by atoms with E-state index in [9.17, 15) is 4.79 Å². The van der Waals surface area contributed by atoms with E-state index in [1.54, 1.807) is 38.6 Å². The van der Waals surface area contributed by atoms with E-state index < -0.39 is 0 Å². The Bertz CT molecular complexity index is 590. The van der Waals surface area contributed by atoms with Crippen LogP contribution in [0, 0.1) is 6.92 Å². The van der Waals surface area contributed by atoms with Crippen LogP contribution < -0.4 is 14.0 Å². The van der Waals surface area contributed by atoms with Gasteiger partial charge in [-0.05, 0) is 12.1 Å². The molecular weight excluding hydrogens is 244 g/mol. The van der Waals surface area contributed by atoms with E-state index >= 15 is 0 Å². The van der Waals surface area contributed by atoms with Gasteiger partial charge in [0.05, 0.1) is 19.8 Å². The maximum Gasteiger partial charge on any atom is 0.251 e. The number of carbonyl (C=O) groups excluding carboxylic acids is 1. The summed E-state index contributed by atoms with van der Waals surface area (Å²) >= 11 is 0. The highest BCUT2D eigenvalue weighted by atomic mass is 16.5. The summed E-state index contributed by atoms with van der Waals surface area (Å²) < 4.78 is 12.2. The van der Waals surface area contributed by atoms with Gasteiger partial charge in [0, 0.05) is 13.0 Å². The zero-order valence-electron chi connectivity index (χ0n) is 11.3. The van der Waals surface area contributed by atoms with Crippen molar-refractivity contribution in [1.29, 1.82) is 0 Å². The highest BCUT2D eigenvalue weighted by molar-refractivity contribution is 5.97. The van der Waals surface area contributed by atoms with Gasteiger partial charge in [-0.2, -0.15) is 0 Å². The number of aryl methyl sites for hydroxylation is 1. The van der Waals surface area contributed by atoms with Gasteiger partial charge in [-0.3, -0.25) is 4.79 Å². The van der Waals surface area contributed by atoms with Crippen molar-refractivity contribution in [3.63, 3.8) is 0 Å². The fraction of sp³-hybridized carbons (Fsp3) is 0.286. The van der Waals surface area contributed by atoms with Crippen LogP contribution in [0.4, 0.5) is 0 Å². The number of hydrogen-bond donors (Lipinski definition) is 1. The van der Waals surface area contributed by atoms with Gasteiger partial charge in [0.25, 0.3) is 5.82 Å². The molecule has 0 unspecified atom stereocenters. The molecule has 0 saturated heterocycles. The number of H-pyrrole nitrogens is 1. The number of rotatable bonds is 5. The Hall–Kier alpha value is -2.30. The van der Waals surface area contributed by atoms with Crippen molar-refractivity contribution in [2.24, 2.45) is 0 Å². The van der Waals surface area contributed by atoms with Crippen molar-refractivity contribution in [3.8, 4) is 11.5 Å². The second kappa shape index (κ2) is 5.56. The normalized spacial score (nSPS) is 10.3. The summed E-state index contributed by atoms with van der Waals surface area (Å²) in [6.07, 6.45) is 3.64. The lowest BCUT2D eigenvalue weighted by molar-refractivity contribution is -0.687. The molecule has 0 aliphatic rings. The lowest BCUT2D eigenvalue weighted by atomic mass is 10.1. The van der Waals surface area contributed by atoms with Gasteiger partial charge < -0.3 is 9.47 Å². The van der Waals surface area contributed by atoms with Gasteiger partial charge in [-0.15, -0.1) is 0 Å². The average molecular weight is 261 g/mol. The van der Waals surface area contributed by atoms with Crippen LogP contribution >= 0.6 is 0 Å². The van der Waals surface area contributed by atoms with E-state index in [0.29, 0.717) is 17.1 Å². The first kappa shape index (κ1) is 13.1. The number of nitrogens with one attached hydrogen (secondary N) is 1. The number of ether oxygens (including phenoxy) is 2. The van der Waals surface area contributed by atoms with Gasteiger partial charge in [-0.25, -0.2) is 9.55 Å². The number of hydrogen-bond acceptors (Lipinski definition) is 3. The first-order valence-corrected chi connectivity index (χ1v) is 5.94. The Morgan fingerprint density at radius 1 is 1.32 bits per heavy atom. The van der Waals surface area contributed by atoms with Gasteiger partial charge in [0.2, 0.25) is 5.78 Å². The Kier molecular flexibility index (Phi) is 3.85. The summed E-state index contributed by atoms with van der Waals surface area (Å²) in [4.78, 5) is 15.3. The third-order valence-corrected chi connectivity index (χ3v) is 3.00. The topological polar surface area (TPSA) is 55.2 Å². The molecule has 1 aromatic heterocycles. The van der Waals surface area contributed by atoms with Crippen LogP contribution in [0.1, 0.15) is 16.2 Å². The van der Waals surface area contributed by atoms with Crippen molar-refractivity contribution < 1.29 is 18.8 Å². The molecule has 2 aromatic rings. The minimum Gasteiger partial charge on any atom is -0.497 e. The molecule has 1 aromatic carbocycles. The van der Waals surface area contributed by atoms with Crippen LogP contribution in [-0.4, -0.2) is 25.0 Å². The van der Waals surface area contributed by atoms with Crippen LogP contribution in [0.2, 0.25) is 0 Å². The van der Waals surface area contributed by atoms with E-state index in [1.165, 1.54) is 0 Å². The maximum absolute atomic E-state index is 12.3. The van der Waals surface area contributed by atoms with Crippen molar-refractivity contribution >= 4 is 5.78 Å².